The van der Waals surface area contributed by atoms with Crippen LogP contribution in [-0.2, 0) is 6.54 Å². The van der Waals surface area contributed by atoms with Gasteiger partial charge < -0.3 is 10.1 Å². The topological polar surface area (TPSA) is 47.0 Å². The summed E-state index contributed by atoms with van der Waals surface area (Å²) in [5.41, 5.74) is 0.726. The normalized spacial score (nSPS) is 10.4. The Kier molecular flexibility index (Phi) is 3.78. The first-order valence-electron chi connectivity index (χ1n) is 5.28. The van der Waals surface area contributed by atoms with Crippen LogP contribution < -0.4 is 10.1 Å². The molecule has 2 aromatic rings. The Morgan fingerprint density at radius 3 is 2.72 bits per heavy atom. The third-order valence-electron chi connectivity index (χ3n) is 2.17. The van der Waals surface area contributed by atoms with Gasteiger partial charge in [0.2, 0.25) is 11.7 Å². The SMILES string of the molecule is CNCc1cnc(Oc2cccc(F)c2F)cn1. The van der Waals surface area contributed by atoms with E-state index in [2.05, 4.69) is 15.3 Å². The lowest BCUT2D eigenvalue weighted by Gasteiger charge is -2.06. The van der Waals surface area contributed by atoms with E-state index in [1.54, 1.807) is 7.05 Å². The molecule has 0 amide bonds. The van der Waals surface area contributed by atoms with Crippen LogP contribution in [0.4, 0.5) is 8.78 Å². The minimum absolute atomic E-state index is 0.111. The number of rotatable bonds is 4. The number of nitrogens with zero attached hydrogens (tertiary/aromatic N) is 2. The summed E-state index contributed by atoms with van der Waals surface area (Å²) in [7, 11) is 1.79. The van der Waals surface area contributed by atoms with E-state index in [9.17, 15) is 8.78 Å². The smallest absolute Gasteiger partial charge is 0.237 e. The van der Waals surface area contributed by atoms with Crippen LogP contribution in [0.2, 0.25) is 0 Å². The van der Waals surface area contributed by atoms with Crippen molar-refractivity contribution in [1.82, 2.24) is 15.3 Å². The Morgan fingerprint density at radius 2 is 2.06 bits per heavy atom. The molecule has 0 saturated carbocycles. The summed E-state index contributed by atoms with van der Waals surface area (Å²) in [5, 5.41) is 2.92. The van der Waals surface area contributed by atoms with E-state index in [-0.39, 0.29) is 11.6 Å². The predicted octanol–water partition coefficient (Wildman–Crippen LogP) is 2.27. The van der Waals surface area contributed by atoms with Gasteiger partial charge in [-0.25, -0.2) is 9.37 Å². The van der Waals surface area contributed by atoms with Gasteiger partial charge in [0.1, 0.15) is 0 Å². The van der Waals surface area contributed by atoms with Crippen molar-refractivity contribution in [2.24, 2.45) is 0 Å². The van der Waals surface area contributed by atoms with Gasteiger partial charge >= 0.3 is 0 Å². The fourth-order valence-corrected chi connectivity index (χ4v) is 1.34. The highest BCUT2D eigenvalue weighted by Crippen LogP contribution is 2.23. The lowest BCUT2D eigenvalue weighted by Crippen LogP contribution is -2.07. The molecule has 0 aliphatic carbocycles. The Hall–Kier alpha value is -2.08. The molecule has 0 radical (unpaired) electrons. The summed E-state index contributed by atoms with van der Waals surface area (Å²) >= 11 is 0. The van der Waals surface area contributed by atoms with Crippen LogP contribution in [0.1, 0.15) is 5.69 Å². The van der Waals surface area contributed by atoms with Crippen LogP contribution >= 0.6 is 0 Å². The van der Waals surface area contributed by atoms with Crippen LogP contribution in [0, 0.1) is 11.6 Å². The molecule has 0 fully saturated rings. The Bertz CT molecular complexity index is 531. The minimum atomic E-state index is -1.04. The largest absolute Gasteiger partial charge is 0.434 e. The molecule has 94 valence electrons. The molecule has 0 saturated heterocycles. The molecule has 0 bridgehead atoms. The molecule has 1 aromatic carbocycles. The summed E-state index contributed by atoms with van der Waals surface area (Å²) < 4.78 is 31.4. The lowest BCUT2D eigenvalue weighted by molar-refractivity contribution is 0.403. The van der Waals surface area contributed by atoms with Crippen molar-refractivity contribution < 1.29 is 13.5 Å². The second-order valence-electron chi connectivity index (χ2n) is 3.53. The third-order valence-corrected chi connectivity index (χ3v) is 2.17. The lowest BCUT2D eigenvalue weighted by atomic mass is 10.3. The average Bonchev–Trinajstić information content (AvgIpc) is 2.38. The molecule has 1 heterocycles. The Balaban J connectivity index is 2.16. The zero-order chi connectivity index (χ0) is 13.0. The van der Waals surface area contributed by atoms with Crippen molar-refractivity contribution in [3.63, 3.8) is 0 Å². The predicted molar refractivity (Wildman–Crippen MR) is 61.2 cm³/mol. The summed E-state index contributed by atoms with van der Waals surface area (Å²) in [6, 6.07) is 3.70. The number of aromatic nitrogens is 2. The number of benzene rings is 1. The van der Waals surface area contributed by atoms with Crippen molar-refractivity contribution >= 4 is 0 Å². The number of nitrogens with one attached hydrogen (secondary N) is 1. The van der Waals surface area contributed by atoms with Gasteiger partial charge in [0, 0.05) is 6.54 Å². The number of hydrogen-bond acceptors (Lipinski definition) is 4. The summed E-state index contributed by atoms with van der Waals surface area (Å²) in [6.45, 7) is 0.571. The molecular formula is C12H11F2N3O. The van der Waals surface area contributed by atoms with Crippen LogP contribution in [-0.4, -0.2) is 17.0 Å². The summed E-state index contributed by atoms with van der Waals surface area (Å²) in [5.74, 6) is -2.11. The van der Waals surface area contributed by atoms with Gasteiger partial charge in [0.25, 0.3) is 0 Å². The maximum Gasteiger partial charge on any atom is 0.237 e. The Labute approximate surface area is 103 Å². The van der Waals surface area contributed by atoms with Crippen molar-refractivity contribution in [3.05, 3.63) is 47.9 Å². The zero-order valence-electron chi connectivity index (χ0n) is 9.65. The van der Waals surface area contributed by atoms with Crippen molar-refractivity contribution in [2.45, 2.75) is 6.54 Å². The van der Waals surface area contributed by atoms with E-state index < -0.39 is 11.6 Å². The Morgan fingerprint density at radius 1 is 1.22 bits per heavy atom. The molecular weight excluding hydrogens is 240 g/mol. The number of ether oxygens (including phenoxy) is 1. The second-order valence-corrected chi connectivity index (χ2v) is 3.53. The molecule has 2 rings (SSSR count). The van der Waals surface area contributed by atoms with E-state index in [1.165, 1.54) is 24.5 Å². The van der Waals surface area contributed by atoms with Crippen LogP contribution in [0.5, 0.6) is 11.6 Å². The van der Waals surface area contributed by atoms with Gasteiger partial charge in [-0.05, 0) is 19.2 Å². The second kappa shape index (κ2) is 5.50. The molecule has 0 unspecified atom stereocenters. The standard InChI is InChI=1S/C12H11F2N3O/c1-15-5-8-6-17-11(7-16-8)18-10-4-2-3-9(13)12(10)14/h2-4,6-7,15H,5H2,1H3. The van der Waals surface area contributed by atoms with Crippen LogP contribution in [0.3, 0.4) is 0 Å². The van der Waals surface area contributed by atoms with E-state index in [1.807, 2.05) is 0 Å². The maximum absolute atomic E-state index is 13.3. The minimum Gasteiger partial charge on any atom is -0.434 e. The quantitative estimate of drug-likeness (QED) is 0.905. The van der Waals surface area contributed by atoms with Crippen LogP contribution in [0.15, 0.2) is 30.6 Å². The van der Waals surface area contributed by atoms with Crippen molar-refractivity contribution in [1.29, 1.82) is 0 Å². The van der Waals surface area contributed by atoms with E-state index >= 15 is 0 Å². The fourth-order valence-electron chi connectivity index (χ4n) is 1.34. The van der Waals surface area contributed by atoms with Crippen molar-refractivity contribution in [2.75, 3.05) is 7.05 Å². The highest BCUT2D eigenvalue weighted by atomic mass is 19.2. The van der Waals surface area contributed by atoms with E-state index in [0.717, 1.165) is 11.8 Å². The molecule has 0 atom stereocenters. The maximum atomic E-state index is 13.3. The van der Waals surface area contributed by atoms with Gasteiger partial charge in [-0.1, -0.05) is 6.07 Å². The van der Waals surface area contributed by atoms with E-state index in [4.69, 9.17) is 4.74 Å². The third kappa shape index (κ3) is 2.78. The molecule has 1 N–H and O–H groups in total. The highest BCUT2D eigenvalue weighted by Gasteiger charge is 2.10. The number of halogens is 2. The zero-order valence-corrected chi connectivity index (χ0v) is 9.65. The molecule has 6 heteroatoms. The summed E-state index contributed by atoms with van der Waals surface area (Å²) in [4.78, 5) is 8.00. The molecule has 18 heavy (non-hydrogen) atoms. The molecule has 1 aromatic heterocycles. The van der Waals surface area contributed by atoms with Gasteiger partial charge in [0.05, 0.1) is 18.1 Å². The van der Waals surface area contributed by atoms with E-state index in [0.29, 0.717) is 6.54 Å². The molecule has 0 spiro atoms. The van der Waals surface area contributed by atoms with Crippen LogP contribution in [0.25, 0.3) is 0 Å². The molecule has 0 aliphatic heterocycles. The first-order chi connectivity index (χ1) is 8.70. The van der Waals surface area contributed by atoms with Gasteiger partial charge in [-0.15, -0.1) is 0 Å². The first kappa shape index (κ1) is 12.4. The molecule has 0 aliphatic rings. The summed E-state index contributed by atoms with van der Waals surface area (Å²) in [6.07, 6.45) is 2.86. The molecule has 4 nitrogen and oxygen atoms in total. The van der Waals surface area contributed by atoms with Crippen molar-refractivity contribution in [3.8, 4) is 11.6 Å². The first-order valence-corrected chi connectivity index (χ1v) is 5.28. The number of hydrogen-bond donors (Lipinski definition) is 1. The van der Waals surface area contributed by atoms with Gasteiger partial charge in [0.15, 0.2) is 11.6 Å². The monoisotopic (exact) mass is 251 g/mol. The fraction of sp³-hybridized carbons (Fsp3) is 0.167. The van der Waals surface area contributed by atoms with Gasteiger partial charge in [-0.2, -0.15) is 4.39 Å². The van der Waals surface area contributed by atoms with Gasteiger partial charge in [-0.3, -0.25) is 4.98 Å². The average molecular weight is 251 g/mol. The highest BCUT2D eigenvalue weighted by molar-refractivity contribution is 5.28.